The van der Waals surface area contributed by atoms with Gasteiger partial charge < -0.3 is 10.1 Å². The highest BCUT2D eigenvalue weighted by Crippen LogP contribution is 2.25. The SMILES string of the molecule is O=C(Nc1cnc(Oc2ccccc2)nc1)c1ccc(-c2cccs2)cc1. The maximum absolute atomic E-state index is 12.4. The largest absolute Gasteiger partial charge is 0.424 e. The van der Waals surface area contributed by atoms with Crippen LogP contribution in [0.15, 0.2) is 84.5 Å². The molecule has 27 heavy (non-hydrogen) atoms. The summed E-state index contributed by atoms with van der Waals surface area (Å²) in [5.41, 5.74) is 2.16. The molecule has 2 heterocycles. The van der Waals surface area contributed by atoms with Gasteiger partial charge in [0, 0.05) is 10.4 Å². The molecule has 2 aromatic heterocycles. The standard InChI is InChI=1S/C21H15N3O2S/c25-20(16-10-8-15(9-11-16)19-7-4-12-27-19)24-17-13-22-21(23-14-17)26-18-5-2-1-3-6-18/h1-14H,(H,24,25). The fraction of sp³-hybridized carbons (Fsp3) is 0. The number of amides is 1. The van der Waals surface area contributed by atoms with E-state index in [0.29, 0.717) is 17.0 Å². The van der Waals surface area contributed by atoms with Gasteiger partial charge in [-0.3, -0.25) is 4.79 Å². The number of ether oxygens (including phenoxy) is 1. The lowest BCUT2D eigenvalue weighted by molar-refractivity contribution is 0.102. The van der Waals surface area contributed by atoms with E-state index in [9.17, 15) is 4.79 Å². The Morgan fingerprint density at radius 2 is 1.63 bits per heavy atom. The van der Waals surface area contributed by atoms with Crippen LogP contribution >= 0.6 is 11.3 Å². The van der Waals surface area contributed by atoms with Crippen molar-refractivity contribution in [2.45, 2.75) is 0 Å². The highest BCUT2D eigenvalue weighted by atomic mass is 32.1. The molecule has 0 aliphatic rings. The molecule has 4 aromatic rings. The van der Waals surface area contributed by atoms with Gasteiger partial charge in [0.1, 0.15) is 5.75 Å². The van der Waals surface area contributed by atoms with E-state index in [4.69, 9.17) is 4.74 Å². The van der Waals surface area contributed by atoms with Crippen LogP contribution in [-0.4, -0.2) is 15.9 Å². The van der Waals surface area contributed by atoms with Crippen molar-refractivity contribution in [3.05, 3.63) is 90.1 Å². The minimum atomic E-state index is -0.215. The van der Waals surface area contributed by atoms with Gasteiger partial charge in [-0.05, 0) is 41.3 Å². The molecule has 4 rings (SSSR count). The van der Waals surface area contributed by atoms with E-state index in [2.05, 4.69) is 21.4 Å². The average molecular weight is 373 g/mol. The molecular weight excluding hydrogens is 358 g/mol. The van der Waals surface area contributed by atoms with Crippen LogP contribution in [0.4, 0.5) is 5.69 Å². The number of nitrogens with one attached hydrogen (secondary N) is 1. The molecular formula is C21H15N3O2S. The van der Waals surface area contributed by atoms with Gasteiger partial charge in [0.15, 0.2) is 0 Å². The van der Waals surface area contributed by atoms with Gasteiger partial charge in [-0.2, -0.15) is 0 Å². The zero-order valence-electron chi connectivity index (χ0n) is 14.2. The third-order valence-electron chi connectivity index (χ3n) is 3.79. The van der Waals surface area contributed by atoms with Crippen molar-refractivity contribution in [1.82, 2.24) is 9.97 Å². The molecule has 0 saturated carbocycles. The molecule has 0 spiro atoms. The lowest BCUT2D eigenvalue weighted by Crippen LogP contribution is -2.12. The Labute approximate surface area is 160 Å². The fourth-order valence-corrected chi connectivity index (χ4v) is 3.19. The maximum atomic E-state index is 12.4. The van der Waals surface area contributed by atoms with Gasteiger partial charge in [-0.25, -0.2) is 9.97 Å². The number of anilines is 1. The number of para-hydroxylation sites is 1. The molecule has 0 radical (unpaired) electrons. The van der Waals surface area contributed by atoms with Gasteiger partial charge in [-0.1, -0.05) is 36.4 Å². The van der Waals surface area contributed by atoms with Gasteiger partial charge in [0.25, 0.3) is 5.91 Å². The first-order chi connectivity index (χ1) is 13.3. The summed E-state index contributed by atoms with van der Waals surface area (Å²) in [7, 11) is 0. The van der Waals surface area contributed by atoms with Crippen LogP contribution in [0.5, 0.6) is 11.8 Å². The molecule has 0 bridgehead atoms. The lowest BCUT2D eigenvalue weighted by atomic mass is 10.1. The number of thiophene rings is 1. The monoisotopic (exact) mass is 373 g/mol. The van der Waals surface area contributed by atoms with Crippen molar-refractivity contribution >= 4 is 22.9 Å². The quantitative estimate of drug-likeness (QED) is 0.519. The Kier molecular flexibility index (Phi) is 4.89. The molecule has 2 aromatic carbocycles. The summed E-state index contributed by atoms with van der Waals surface area (Å²) in [5.74, 6) is 0.438. The third kappa shape index (κ3) is 4.19. The number of carbonyl (C=O) groups is 1. The van der Waals surface area contributed by atoms with Crippen LogP contribution in [0.3, 0.4) is 0 Å². The van der Waals surface area contributed by atoms with Gasteiger partial charge >= 0.3 is 6.01 Å². The topological polar surface area (TPSA) is 64.1 Å². The fourth-order valence-electron chi connectivity index (χ4n) is 2.46. The third-order valence-corrected chi connectivity index (χ3v) is 4.71. The van der Waals surface area contributed by atoms with E-state index < -0.39 is 0 Å². The molecule has 1 N–H and O–H groups in total. The van der Waals surface area contributed by atoms with Crippen LogP contribution in [-0.2, 0) is 0 Å². The van der Waals surface area contributed by atoms with Crippen molar-refractivity contribution in [3.8, 4) is 22.2 Å². The number of hydrogen-bond acceptors (Lipinski definition) is 5. The summed E-state index contributed by atoms with van der Waals surface area (Å²) >= 11 is 1.67. The number of rotatable bonds is 5. The van der Waals surface area contributed by atoms with Crippen LogP contribution in [0.25, 0.3) is 10.4 Å². The molecule has 0 fully saturated rings. The van der Waals surface area contributed by atoms with Crippen molar-refractivity contribution in [2.24, 2.45) is 0 Å². The molecule has 5 nitrogen and oxygen atoms in total. The van der Waals surface area contributed by atoms with Gasteiger partial charge in [0.2, 0.25) is 0 Å². The van der Waals surface area contributed by atoms with Crippen molar-refractivity contribution in [3.63, 3.8) is 0 Å². The zero-order chi connectivity index (χ0) is 18.5. The first-order valence-corrected chi connectivity index (χ1v) is 9.16. The normalized spacial score (nSPS) is 10.4. The zero-order valence-corrected chi connectivity index (χ0v) is 15.0. The second kappa shape index (κ2) is 7.80. The molecule has 132 valence electrons. The molecule has 1 amide bonds. The number of nitrogens with zero attached hydrogens (tertiary/aromatic N) is 2. The van der Waals surface area contributed by atoms with E-state index >= 15 is 0 Å². The molecule has 0 aliphatic carbocycles. The molecule has 0 unspecified atom stereocenters. The van der Waals surface area contributed by atoms with E-state index in [0.717, 1.165) is 5.56 Å². The Bertz CT molecular complexity index is 1020. The van der Waals surface area contributed by atoms with Crippen LogP contribution < -0.4 is 10.1 Å². The Balaban J connectivity index is 1.40. The number of carbonyl (C=O) groups excluding carboxylic acids is 1. The van der Waals surface area contributed by atoms with Crippen LogP contribution in [0.1, 0.15) is 10.4 Å². The predicted octanol–water partition coefficient (Wildman–Crippen LogP) is 5.25. The average Bonchev–Trinajstić information content (AvgIpc) is 3.25. The first kappa shape index (κ1) is 16.9. The minimum absolute atomic E-state index is 0.215. The molecule has 0 atom stereocenters. The summed E-state index contributed by atoms with van der Waals surface area (Å²) in [6.07, 6.45) is 3.03. The minimum Gasteiger partial charge on any atom is -0.424 e. The maximum Gasteiger partial charge on any atom is 0.322 e. The second-order valence-electron chi connectivity index (χ2n) is 5.68. The Morgan fingerprint density at radius 1 is 0.889 bits per heavy atom. The highest BCUT2D eigenvalue weighted by molar-refractivity contribution is 7.13. The molecule has 0 saturated heterocycles. The summed E-state index contributed by atoms with van der Waals surface area (Å²) in [5, 5.41) is 4.82. The van der Waals surface area contributed by atoms with E-state index in [-0.39, 0.29) is 11.9 Å². The first-order valence-electron chi connectivity index (χ1n) is 8.28. The smallest absolute Gasteiger partial charge is 0.322 e. The van der Waals surface area contributed by atoms with E-state index in [1.807, 2.05) is 53.9 Å². The van der Waals surface area contributed by atoms with Crippen molar-refractivity contribution in [2.75, 3.05) is 5.32 Å². The summed E-state index contributed by atoms with van der Waals surface area (Å²) in [4.78, 5) is 21.8. The lowest BCUT2D eigenvalue weighted by Gasteiger charge is -2.07. The summed E-state index contributed by atoms with van der Waals surface area (Å²) in [6, 6.07) is 21.0. The second-order valence-corrected chi connectivity index (χ2v) is 6.63. The van der Waals surface area contributed by atoms with E-state index in [1.54, 1.807) is 23.5 Å². The van der Waals surface area contributed by atoms with Gasteiger partial charge in [-0.15, -0.1) is 11.3 Å². The Hall–Kier alpha value is -3.51. The van der Waals surface area contributed by atoms with Gasteiger partial charge in [0.05, 0.1) is 18.1 Å². The summed E-state index contributed by atoms with van der Waals surface area (Å²) < 4.78 is 5.54. The van der Waals surface area contributed by atoms with Crippen molar-refractivity contribution in [1.29, 1.82) is 0 Å². The molecule has 6 heteroatoms. The molecule has 0 aliphatic heterocycles. The van der Waals surface area contributed by atoms with Crippen LogP contribution in [0.2, 0.25) is 0 Å². The Morgan fingerprint density at radius 3 is 2.30 bits per heavy atom. The predicted molar refractivity (Wildman–Crippen MR) is 106 cm³/mol. The van der Waals surface area contributed by atoms with Crippen molar-refractivity contribution < 1.29 is 9.53 Å². The summed E-state index contributed by atoms with van der Waals surface area (Å²) in [6.45, 7) is 0. The van der Waals surface area contributed by atoms with E-state index in [1.165, 1.54) is 17.3 Å². The highest BCUT2D eigenvalue weighted by Gasteiger charge is 2.08. The number of hydrogen-bond donors (Lipinski definition) is 1. The number of aromatic nitrogens is 2. The van der Waals surface area contributed by atoms with Crippen LogP contribution in [0, 0.1) is 0 Å². The number of benzene rings is 2.